The van der Waals surface area contributed by atoms with Crippen LogP contribution in [0.25, 0.3) is 17.1 Å². The second-order valence-electron chi connectivity index (χ2n) is 11.1. The molecule has 12 heteroatoms. The second kappa shape index (κ2) is 14.2. The molecule has 2 heterocycles. The van der Waals surface area contributed by atoms with Gasteiger partial charge in [0, 0.05) is 30.1 Å². The van der Waals surface area contributed by atoms with Crippen molar-refractivity contribution in [3.8, 4) is 22.8 Å². The van der Waals surface area contributed by atoms with Crippen molar-refractivity contribution in [2.24, 2.45) is 4.99 Å². The number of para-hydroxylation sites is 1. The lowest BCUT2D eigenvalue weighted by molar-refractivity contribution is -0.274. The molecule has 0 spiro atoms. The zero-order valence-corrected chi connectivity index (χ0v) is 26.1. The topological polar surface area (TPSA) is 84.6 Å². The Morgan fingerprint density at radius 3 is 2.49 bits per heavy atom. The van der Waals surface area contributed by atoms with Crippen LogP contribution in [0.3, 0.4) is 0 Å². The molecule has 3 aromatic carbocycles. The molecule has 1 aliphatic rings. The molecule has 45 heavy (non-hydrogen) atoms. The van der Waals surface area contributed by atoms with Crippen molar-refractivity contribution < 1.29 is 22.7 Å². The Bertz CT molecular complexity index is 1620. The van der Waals surface area contributed by atoms with Crippen molar-refractivity contribution in [3.63, 3.8) is 0 Å². The second-order valence-corrected chi connectivity index (χ2v) is 12.1. The number of hydrogen-bond donors (Lipinski definition) is 1. The monoisotopic (exact) mass is 636 g/mol. The van der Waals surface area contributed by atoms with Gasteiger partial charge in [-0.25, -0.2) is 14.5 Å². The summed E-state index contributed by atoms with van der Waals surface area (Å²) in [6.45, 7) is 7.85. The van der Waals surface area contributed by atoms with Crippen LogP contribution in [0.2, 0.25) is 0 Å². The minimum absolute atomic E-state index is 0.277. The third-order valence-electron chi connectivity index (χ3n) is 7.48. The summed E-state index contributed by atoms with van der Waals surface area (Å²) in [4.78, 5) is 23.5. The van der Waals surface area contributed by atoms with Gasteiger partial charge in [-0.2, -0.15) is 4.99 Å². The zero-order valence-electron chi connectivity index (χ0n) is 25.3. The van der Waals surface area contributed by atoms with Gasteiger partial charge in [-0.05, 0) is 66.1 Å². The molecule has 4 aromatic rings. The third-order valence-corrected chi connectivity index (χ3v) is 8.44. The lowest BCUT2D eigenvalue weighted by Gasteiger charge is -2.23. The van der Waals surface area contributed by atoms with Crippen molar-refractivity contribution in [1.82, 2.24) is 20.1 Å². The minimum Gasteiger partial charge on any atom is -0.406 e. The van der Waals surface area contributed by atoms with Crippen LogP contribution in [0.1, 0.15) is 56.6 Å². The van der Waals surface area contributed by atoms with Crippen LogP contribution in [-0.4, -0.2) is 51.2 Å². The largest absolute Gasteiger partial charge is 0.573 e. The molecule has 1 fully saturated rings. The Morgan fingerprint density at radius 1 is 1.04 bits per heavy atom. The number of nitrogens with zero attached hydrogens (tertiary/aromatic N) is 5. The Balaban J connectivity index is 1.10. The molecule has 2 amide bonds. The summed E-state index contributed by atoms with van der Waals surface area (Å²) in [7, 11) is 0. The van der Waals surface area contributed by atoms with Gasteiger partial charge in [0.2, 0.25) is 0 Å². The van der Waals surface area contributed by atoms with E-state index in [1.165, 1.54) is 40.8 Å². The number of ether oxygens (including phenoxy) is 1. The Hall–Kier alpha value is -4.32. The standard InChI is InChI=1S/C33H35F3N6O2S/c1-22(2)28-8-4-5-9-29(28)41-19-20-45-32(41)39-31(43)37-18-6-7-23(3)24-10-12-25(13-11-24)30-38-21-42(40-30)26-14-16-27(17-15-26)44-33(34,35)36/h4-5,8-17,21-23H,6-7,18-20H2,1-3H3,(H,37,43)/b39-32-. The molecular weight excluding hydrogens is 601 g/mol. The lowest BCUT2D eigenvalue weighted by atomic mass is 9.95. The Kier molecular flexibility index (Phi) is 10.1. The van der Waals surface area contributed by atoms with Crippen LogP contribution < -0.4 is 15.0 Å². The van der Waals surface area contributed by atoms with Crippen LogP contribution in [0.15, 0.2) is 84.1 Å². The van der Waals surface area contributed by atoms with Crippen molar-refractivity contribution in [1.29, 1.82) is 0 Å². The number of benzene rings is 3. The number of aliphatic imine (C=N–C) groups is 1. The number of rotatable bonds is 10. The Labute approximate surface area is 264 Å². The van der Waals surface area contributed by atoms with Crippen LogP contribution >= 0.6 is 11.8 Å². The van der Waals surface area contributed by atoms with Gasteiger partial charge in [-0.1, -0.05) is 75.0 Å². The van der Waals surface area contributed by atoms with E-state index >= 15 is 0 Å². The van der Waals surface area contributed by atoms with Gasteiger partial charge >= 0.3 is 12.4 Å². The number of hydrogen-bond acceptors (Lipinski definition) is 5. The van der Waals surface area contributed by atoms with Gasteiger partial charge in [-0.3, -0.25) is 0 Å². The van der Waals surface area contributed by atoms with Crippen molar-refractivity contribution >= 4 is 28.6 Å². The average Bonchev–Trinajstić information content (AvgIpc) is 3.69. The highest BCUT2D eigenvalue weighted by Gasteiger charge is 2.31. The number of aromatic nitrogens is 3. The minimum atomic E-state index is -4.74. The number of urea groups is 1. The van der Waals surface area contributed by atoms with E-state index in [2.05, 4.69) is 62.9 Å². The predicted molar refractivity (Wildman–Crippen MR) is 172 cm³/mol. The maximum absolute atomic E-state index is 12.6. The molecule has 5 rings (SSSR count). The highest BCUT2D eigenvalue weighted by molar-refractivity contribution is 8.14. The fourth-order valence-electron chi connectivity index (χ4n) is 5.12. The van der Waals surface area contributed by atoms with Crippen LogP contribution in [0.5, 0.6) is 5.75 Å². The molecule has 8 nitrogen and oxygen atoms in total. The van der Waals surface area contributed by atoms with Crippen LogP contribution in [0, 0.1) is 0 Å². The SMILES string of the molecule is CC(C)c1ccccc1N1CCS/C1=N\C(=O)NCCCC(C)c1ccc(-c2ncn(-c3ccc(OC(F)(F)F)cc3)n2)cc1. The van der Waals surface area contributed by atoms with Crippen LogP contribution in [0.4, 0.5) is 23.7 Å². The van der Waals surface area contributed by atoms with Crippen molar-refractivity contribution in [2.45, 2.75) is 51.8 Å². The van der Waals surface area contributed by atoms with E-state index in [-0.39, 0.29) is 17.7 Å². The van der Waals surface area contributed by atoms with Gasteiger partial charge in [0.1, 0.15) is 12.1 Å². The maximum atomic E-state index is 12.6. The molecule has 1 N–H and O–H groups in total. The van der Waals surface area contributed by atoms with E-state index in [9.17, 15) is 18.0 Å². The summed E-state index contributed by atoms with van der Waals surface area (Å²) in [5.74, 6) is 1.75. The van der Waals surface area contributed by atoms with E-state index < -0.39 is 6.36 Å². The first-order valence-electron chi connectivity index (χ1n) is 14.8. The molecule has 0 aliphatic carbocycles. The molecule has 0 radical (unpaired) electrons. The number of halogens is 3. The number of anilines is 1. The smallest absolute Gasteiger partial charge is 0.406 e. The van der Waals surface area contributed by atoms with Gasteiger partial charge < -0.3 is 15.0 Å². The van der Waals surface area contributed by atoms with E-state index in [4.69, 9.17) is 0 Å². The fourth-order valence-corrected chi connectivity index (χ4v) is 6.07. The zero-order chi connectivity index (χ0) is 32.0. The summed E-state index contributed by atoms with van der Waals surface area (Å²) in [6, 6.07) is 21.4. The summed E-state index contributed by atoms with van der Waals surface area (Å²) >= 11 is 1.60. The maximum Gasteiger partial charge on any atom is 0.573 e. The third kappa shape index (κ3) is 8.44. The van der Waals surface area contributed by atoms with E-state index in [1.54, 1.807) is 11.8 Å². The van der Waals surface area contributed by atoms with Gasteiger partial charge in [-0.15, -0.1) is 18.3 Å². The molecule has 0 bridgehead atoms. The summed E-state index contributed by atoms with van der Waals surface area (Å²) in [5, 5.41) is 8.14. The normalized spacial score (nSPS) is 15.1. The number of nitrogens with one attached hydrogen (secondary N) is 1. The number of thioether (sulfide) groups is 1. The molecule has 0 saturated carbocycles. The first kappa shape index (κ1) is 32.1. The highest BCUT2D eigenvalue weighted by Crippen LogP contribution is 2.32. The van der Waals surface area contributed by atoms with Gasteiger partial charge in [0.15, 0.2) is 11.0 Å². The summed E-state index contributed by atoms with van der Waals surface area (Å²) in [5.41, 5.74) is 4.90. The van der Waals surface area contributed by atoms with E-state index in [0.29, 0.717) is 24.0 Å². The quantitative estimate of drug-likeness (QED) is 0.177. The number of carbonyl (C=O) groups excluding carboxylic acids is 1. The summed E-state index contributed by atoms with van der Waals surface area (Å²) < 4.78 is 42.7. The molecule has 1 saturated heterocycles. The van der Waals surface area contributed by atoms with Crippen LogP contribution in [-0.2, 0) is 0 Å². The molecular formula is C33H35F3N6O2S. The first-order chi connectivity index (χ1) is 21.6. The van der Waals surface area contributed by atoms with Gasteiger partial charge in [0.05, 0.1) is 5.69 Å². The molecule has 1 aromatic heterocycles. The first-order valence-corrected chi connectivity index (χ1v) is 15.8. The Morgan fingerprint density at radius 2 is 1.78 bits per heavy atom. The van der Waals surface area contributed by atoms with E-state index in [0.717, 1.165) is 47.1 Å². The predicted octanol–water partition coefficient (Wildman–Crippen LogP) is 8.16. The fraction of sp³-hybridized carbons (Fsp3) is 0.333. The van der Waals surface area contributed by atoms with E-state index in [1.807, 2.05) is 36.4 Å². The molecule has 1 aliphatic heterocycles. The number of amidine groups is 1. The molecule has 1 unspecified atom stereocenters. The molecule has 1 atom stereocenters. The highest BCUT2D eigenvalue weighted by atomic mass is 32.2. The lowest BCUT2D eigenvalue weighted by Crippen LogP contribution is -2.28. The average molecular weight is 637 g/mol. The van der Waals surface area contributed by atoms with Gasteiger partial charge in [0.25, 0.3) is 0 Å². The number of carbonyl (C=O) groups is 1. The number of alkyl halides is 3. The molecule has 236 valence electrons. The van der Waals surface area contributed by atoms with Crippen molar-refractivity contribution in [3.05, 3.63) is 90.3 Å². The summed E-state index contributed by atoms with van der Waals surface area (Å²) in [6.07, 6.45) is -1.53. The number of amides is 2. The van der Waals surface area contributed by atoms with Crippen molar-refractivity contribution in [2.75, 3.05) is 23.7 Å².